The lowest BCUT2D eigenvalue weighted by atomic mass is 10.0. The maximum Gasteiger partial charge on any atom is 0.0716 e. The Balaban J connectivity index is 1.89. The van der Waals surface area contributed by atoms with Crippen LogP contribution in [0.2, 0.25) is 0 Å². The predicted molar refractivity (Wildman–Crippen MR) is 113 cm³/mol. The van der Waals surface area contributed by atoms with Crippen LogP contribution in [0.5, 0.6) is 0 Å². The fourth-order valence-electron chi connectivity index (χ4n) is 3.06. The Morgan fingerprint density at radius 1 is 0.481 bits per heavy atom. The van der Waals surface area contributed by atoms with E-state index in [0.717, 1.165) is 39.3 Å². The molecule has 2 aromatic carbocycles. The summed E-state index contributed by atoms with van der Waals surface area (Å²) in [5.41, 5.74) is 9.84. The van der Waals surface area contributed by atoms with E-state index in [0.29, 0.717) is 0 Å². The van der Waals surface area contributed by atoms with E-state index in [1.807, 2.05) is 6.20 Å². The lowest BCUT2D eigenvalue weighted by Gasteiger charge is -2.10. The fraction of sp³-hybridized carbons (Fsp3) is 0.120. The highest BCUT2D eigenvalue weighted by Gasteiger charge is 2.09. The minimum absolute atomic E-state index is 0.963. The lowest BCUT2D eigenvalue weighted by Crippen LogP contribution is -1.93. The molecule has 27 heavy (non-hydrogen) atoms. The van der Waals surface area contributed by atoms with Crippen molar-refractivity contribution in [2.75, 3.05) is 0 Å². The number of rotatable bonds is 3. The van der Waals surface area contributed by atoms with Gasteiger partial charge in [0.15, 0.2) is 0 Å². The number of nitrogens with zero attached hydrogens (tertiary/aromatic N) is 2. The summed E-state index contributed by atoms with van der Waals surface area (Å²) in [6.07, 6.45) is 1.91. The number of hydrogen-bond donors (Lipinski definition) is 0. The number of aromatic nitrogens is 2. The molecule has 0 aliphatic heterocycles. The Morgan fingerprint density at radius 2 is 0.963 bits per heavy atom. The van der Waals surface area contributed by atoms with Gasteiger partial charge in [-0.15, -0.1) is 0 Å². The lowest BCUT2D eigenvalue weighted by molar-refractivity contribution is 1.25. The van der Waals surface area contributed by atoms with Gasteiger partial charge in [0, 0.05) is 22.9 Å². The molecule has 0 spiro atoms. The molecule has 0 bridgehead atoms. The van der Waals surface area contributed by atoms with Crippen LogP contribution in [0, 0.1) is 20.8 Å². The van der Waals surface area contributed by atoms with Gasteiger partial charge in [0.05, 0.1) is 17.1 Å². The summed E-state index contributed by atoms with van der Waals surface area (Å²) in [5, 5.41) is 0. The van der Waals surface area contributed by atoms with E-state index in [2.05, 4.69) is 98.6 Å². The van der Waals surface area contributed by atoms with Gasteiger partial charge in [0.2, 0.25) is 0 Å². The minimum Gasteiger partial charge on any atom is -0.256 e. The Morgan fingerprint density at radius 3 is 1.41 bits per heavy atom. The summed E-state index contributed by atoms with van der Waals surface area (Å²) in [5.74, 6) is 0. The molecular weight excluding hydrogens is 328 g/mol. The van der Waals surface area contributed by atoms with E-state index in [1.54, 1.807) is 0 Å². The van der Waals surface area contributed by atoms with E-state index in [9.17, 15) is 0 Å². The first-order valence-electron chi connectivity index (χ1n) is 9.18. The van der Waals surface area contributed by atoms with Crippen molar-refractivity contribution in [3.63, 3.8) is 0 Å². The smallest absolute Gasteiger partial charge is 0.0716 e. The van der Waals surface area contributed by atoms with Crippen LogP contribution in [0.25, 0.3) is 33.8 Å². The van der Waals surface area contributed by atoms with Crippen LogP contribution < -0.4 is 0 Å². The van der Waals surface area contributed by atoms with Gasteiger partial charge in [-0.1, -0.05) is 65.7 Å². The molecule has 132 valence electrons. The summed E-state index contributed by atoms with van der Waals surface area (Å²) in [6.45, 7) is 6.25. The van der Waals surface area contributed by atoms with Crippen molar-refractivity contribution in [1.82, 2.24) is 9.97 Å². The van der Waals surface area contributed by atoms with E-state index < -0.39 is 0 Å². The number of pyridine rings is 2. The topological polar surface area (TPSA) is 25.8 Å². The molecule has 0 unspecified atom stereocenters. The Hall–Kier alpha value is -3.26. The van der Waals surface area contributed by atoms with Crippen molar-refractivity contribution < 1.29 is 0 Å². The summed E-state index contributed by atoms with van der Waals surface area (Å²) in [6, 6.07) is 25.4. The zero-order valence-corrected chi connectivity index (χ0v) is 15.9. The summed E-state index contributed by atoms with van der Waals surface area (Å²) in [7, 11) is 0. The van der Waals surface area contributed by atoms with Crippen LogP contribution >= 0.6 is 0 Å². The predicted octanol–water partition coefficient (Wildman–Crippen LogP) is 6.40. The monoisotopic (exact) mass is 350 g/mol. The molecule has 4 aromatic rings. The Bertz CT molecular complexity index is 907. The maximum atomic E-state index is 4.95. The highest BCUT2D eigenvalue weighted by atomic mass is 14.7. The summed E-state index contributed by atoms with van der Waals surface area (Å²) < 4.78 is 0. The molecule has 0 saturated carbocycles. The van der Waals surface area contributed by atoms with Crippen LogP contribution in [0.3, 0.4) is 0 Å². The van der Waals surface area contributed by atoms with Crippen LogP contribution in [-0.2, 0) is 0 Å². The SMILES string of the molecule is Cc1ccc(-c2cc(-c3ccc(C)cn3)cc(-c3ccc(C)cc3)n2)cc1. The van der Waals surface area contributed by atoms with Crippen molar-refractivity contribution in [3.8, 4) is 33.8 Å². The maximum absolute atomic E-state index is 4.95. The first-order valence-corrected chi connectivity index (χ1v) is 9.18. The summed E-state index contributed by atoms with van der Waals surface area (Å²) in [4.78, 5) is 9.57. The second-order valence-corrected chi connectivity index (χ2v) is 7.08. The average Bonchev–Trinajstić information content (AvgIpc) is 2.69. The molecular formula is C25H22N2. The third-order valence-electron chi connectivity index (χ3n) is 4.73. The van der Waals surface area contributed by atoms with Crippen molar-refractivity contribution >= 4 is 0 Å². The summed E-state index contributed by atoms with van der Waals surface area (Å²) >= 11 is 0. The van der Waals surface area contributed by atoms with Crippen LogP contribution in [0.1, 0.15) is 16.7 Å². The molecule has 4 rings (SSSR count). The molecule has 0 atom stereocenters. The van der Waals surface area contributed by atoms with Gasteiger partial charge in [0.1, 0.15) is 0 Å². The van der Waals surface area contributed by atoms with Gasteiger partial charge in [0.25, 0.3) is 0 Å². The van der Waals surface area contributed by atoms with E-state index in [1.165, 1.54) is 11.1 Å². The molecule has 0 saturated heterocycles. The third-order valence-corrected chi connectivity index (χ3v) is 4.73. The molecule has 0 aliphatic rings. The molecule has 0 amide bonds. The van der Waals surface area contributed by atoms with E-state index in [4.69, 9.17) is 4.98 Å². The van der Waals surface area contributed by atoms with Gasteiger partial charge in [-0.05, 0) is 44.5 Å². The van der Waals surface area contributed by atoms with Gasteiger partial charge in [-0.3, -0.25) is 4.98 Å². The van der Waals surface area contributed by atoms with Crippen molar-refractivity contribution in [1.29, 1.82) is 0 Å². The number of benzene rings is 2. The van der Waals surface area contributed by atoms with Gasteiger partial charge < -0.3 is 0 Å². The standard InChI is InChI=1S/C25H22N2/c1-17-4-9-20(10-5-17)24-14-22(23-13-8-19(3)16-26-23)15-25(27-24)21-11-6-18(2)7-12-21/h4-16H,1-3H3. The van der Waals surface area contributed by atoms with Gasteiger partial charge in [-0.25, -0.2) is 4.98 Å². The zero-order valence-electron chi connectivity index (χ0n) is 15.9. The molecule has 2 aromatic heterocycles. The minimum atomic E-state index is 0.963. The highest BCUT2D eigenvalue weighted by molar-refractivity contribution is 5.75. The molecule has 0 radical (unpaired) electrons. The van der Waals surface area contributed by atoms with Crippen LogP contribution in [0.15, 0.2) is 79.0 Å². The highest BCUT2D eigenvalue weighted by Crippen LogP contribution is 2.29. The normalized spacial score (nSPS) is 10.8. The molecule has 2 nitrogen and oxygen atoms in total. The van der Waals surface area contributed by atoms with Crippen molar-refractivity contribution in [2.24, 2.45) is 0 Å². The second kappa shape index (κ2) is 7.16. The molecule has 0 aliphatic carbocycles. The van der Waals surface area contributed by atoms with E-state index >= 15 is 0 Å². The Kier molecular flexibility index (Phi) is 4.55. The third kappa shape index (κ3) is 3.80. The fourth-order valence-corrected chi connectivity index (χ4v) is 3.06. The van der Waals surface area contributed by atoms with Crippen molar-refractivity contribution in [3.05, 3.63) is 95.7 Å². The van der Waals surface area contributed by atoms with Crippen molar-refractivity contribution in [2.45, 2.75) is 20.8 Å². The molecule has 2 heterocycles. The van der Waals surface area contributed by atoms with Crippen LogP contribution in [-0.4, -0.2) is 9.97 Å². The second-order valence-electron chi connectivity index (χ2n) is 7.08. The largest absolute Gasteiger partial charge is 0.256 e. The number of aryl methyl sites for hydroxylation is 3. The first-order chi connectivity index (χ1) is 13.1. The van der Waals surface area contributed by atoms with Crippen LogP contribution in [0.4, 0.5) is 0 Å². The molecule has 0 N–H and O–H groups in total. The average molecular weight is 350 g/mol. The number of hydrogen-bond acceptors (Lipinski definition) is 2. The quantitative estimate of drug-likeness (QED) is 0.427. The zero-order chi connectivity index (χ0) is 18.8. The van der Waals surface area contributed by atoms with Gasteiger partial charge >= 0.3 is 0 Å². The Labute approximate surface area is 160 Å². The first kappa shape index (κ1) is 17.2. The van der Waals surface area contributed by atoms with E-state index in [-0.39, 0.29) is 0 Å². The molecule has 0 fully saturated rings. The molecule has 2 heteroatoms. The van der Waals surface area contributed by atoms with Gasteiger partial charge in [-0.2, -0.15) is 0 Å².